The number of rotatable bonds is 3. The van der Waals surface area contributed by atoms with Crippen molar-refractivity contribution < 1.29 is 14.4 Å². The van der Waals surface area contributed by atoms with E-state index in [2.05, 4.69) is 0 Å². The largest absolute Gasteiger partial charge is 0.493 e. The Hall–Kier alpha value is -0.835. The third-order valence-corrected chi connectivity index (χ3v) is 3.24. The highest BCUT2D eigenvalue weighted by molar-refractivity contribution is 6.61. The molecule has 0 unspecified atom stereocenters. The average Bonchev–Trinajstić information content (AvgIpc) is 2.40. The quantitative estimate of drug-likeness (QED) is 0.766. The smallest absolute Gasteiger partial charge is 0.407 e. The van der Waals surface area contributed by atoms with E-state index in [0.717, 1.165) is 11.9 Å². The Morgan fingerprint density at radius 1 is 1.25 bits per heavy atom. The van der Waals surface area contributed by atoms with Crippen LogP contribution in [-0.2, 0) is 9.31 Å². The van der Waals surface area contributed by atoms with E-state index < -0.39 is 0 Å². The first-order valence-electron chi connectivity index (χ1n) is 5.69. The molecular weight excluding hydrogens is 203 g/mol. The third-order valence-electron chi connectivity index (χ3n) is 3.24. The molecule has 3 nitrogen and oxygen atoms in total. The molecule has 1 aliphatic heterocycles. The van der Waals surface area contributed by atoms with E-state index in [4.69, 9.17) is 9.31 Å². The molecule has 0 spiro atoms. The summed E-state index contributed by atoms with van der Waals surface area (Å²) in [6.07, 6.45) is 0.866. The molecule has 1 aromatic rings. The molecule has 1 fully saturated rings. The van der Waals surface area contributed by atoms with Crippen LogP contribution in [0.15, 0.2) is 30.3 Å². The zero-order chi connectivity index (χ0) is 11.4. The second kappa shape index (κ2) is 5.00. The molecule has 1 aliphatic rings. The molecule has 86 valence electrons. The highest BCUT2D eigenvalue weighted by Gasteiger charge is 2.38. The van der Waals surface area contributed by atoms with Gasteiger partial charge >= 0.3 is 7.12 Å². The molecule has 0 atom stereocenters. The summed E-state index contributed by atoms with van der Waals surface area (Å²) in [5, 5.41) is 9.34. The molecule has 1 N–H and O–H groups in total. The SMILES string of the molecule is CCC1(CO)COB(c2ccccc2)OC1. The van der Waals surface area contributed by atoms with Crippen LogP contribution >= 0.6 is 0 Å². The summed E-state index contributed by atoms with van der Waals surface area (Å²) in [6.45, 7) is 3.27. The number of hydrogen-bond acceptors (Lipinski definition) is 3. The summed E-state index contributed by atoms with van der Waals surface area (Å²) in [7, 11) is -0.285. The van der Waals surface area contributed by atoms with Crippen molar-refractivity contribution in [2.75, 3.05) is 19.8 Å². The van der Waals surface area contributed by atoms with Crippen molar-refractivity contribution >= 4 is 12.6 Å². The fourth-order valence-electron chi connectivity index (χ4n) is 1.80. The summed E-state index contributed by atoms with van der Waals surface area (Å²) >= 11 is 0. The molecule has 0 aliphatic carbocycles. The van der Waals surface area contributed by atoms with Gasteiger partial charge in [0.05, 0.1) is 6.61 Å². The lowest BCUT2D eigenvalue weighted by Crippen LogP contribution is -2.50. The van der Waals surface area contributed by atoms with Crippen molar-refractivity contribution in [3.8, 4) is 0 Å². The summed E-state index contributed by atoms with van der Waals surface area (Å²) in [5.74, 6) is 0. The van der Waals surface area contributed by atoms with Crippen LogP contribution in [0.3, 0.4) is 0 Å². The molecule has 0 saturated carbocycles. The van der Waals surface area contributed by atoms with Gasteiger partial charge in [-0.3, -0.25) is 0 Å². The highest BCUT2D eigenvalue weighted by atomic mass is 16.6. The minimum absolute atomic E-state index is 0.116. The summed E-state index contributed by atoms with van der Waals surface area (Å²) in [5.41, 5.74) is 0.816. The van der Waals surface area contributed by atoms with Gasteiger partial charge in [-0.05, 0) is 11.9 Å². The van der Waals surface area contributed by atoms with Crippen LogP contribution in [0.1, 0.15) is 13.3 Å². The second-order valence-electron chi connectivity index (χ2n) is 4.38. The topological polar surface area (TPSA) is 38.7 Å². The van der Waals surface area contributed by atoms with E-state index in [1.165, 1.54) is 0 Å². The van der Waals surface area contributed by atoms with Crippen LogP contribution in [0, 0.1) is 5.41 Å². The molecule has 2 rings (SSSR count). The Labute approximate surface area is 96.5 Å². The molecular formula is C12H17BO3. The van der Waals surface area contributed by atoms with Gasteiger partial charge in [0, 0.05) is 18.6 Å². The lowest BCUT2D eigenvalue weighted by molar-refractivity contribution is -0.0291. The van der Waals surface area contributed by atoms with Crippen molar-refractivity contribution in [3.63, 3.8) is 0 Å². The van der Waals surface area contributed by atoms with E-state index in [1.807, 2.05) is 37.3 Å². The lowest BCUT2D eigenvalue weighted by Gasteiger charge is -2.37. The summed E-state index contributed by atoms with van der Waals surface area (Å²) < 4.78 is 11.4. The van der Waals surface area contributed by atoms with Gasteiger partial charge < -0.3 is 14.4 Å². The van der Waals surface area contributed by atoms with Crippen LogP contribution in [-0.4, -0.2) is 32.0 Å². The lowest BCUT2D eigenvalue weighted by atomic mass is 9.75. The minimum Gasteiger partial charge on any atom is -0.407 e. The predicted molar refractivity (Wildman–Crippen MR) is 63.5 cm³/mol. The standard InChI is InChI=1S/C12H17BO3/c1-2-12(8-14)9-15-13(16-10-12)11-6-4-3-5-7-11/h3-7,14H,2,8-10H2,1H3. The molecule has 16 heavy (non-hydrogen) atoms. The molecule has 1 heterocycles. The molecule has 1 aromatic carbocycles. The van der Waals surface area contributed by atoms with Crippen LogP contribution in [0.5, 0.6) is 0 Å². The van der Waals surface area contributed by atoms with Crippen molar-refractivity contribution in [3.05, 3.63) is 30.3 Å². The van der Waals surface area contributed by atoms with Gasteiger partial charge in [-0.25, -0.2) is 0 Å². The normalized spacial score (nSPS) is 19.8. The highest BCUT2D eigenvalue weighted by Crippen LogP contribution is 2.26. The van der Waals surface area contributed by atoms with Crippen LogP contribution in [0.2, 0.25) is 0 Å². The van der Waals surface area contributed by atoms with E-state index in [-0.39, 0.29) is 19.1 Å². The first-order chi connectivity index (χ1) is 7.79. The Morgan fingerprint density at radius 2 is 1.88 bits per heavy atom. The maximum absolute atomic E-state index is 9.34. The molecule has 0 aromatic heterocycles. The summed E-state index contributed by atoms with van der Waals surface area (Å²) in [6, 6.07) is 9.88. The molecule has 0 amide bonds. The fourth-order valence-corrected chi connectivity index (χ4v) is 1.80. The zero-order valence-corrected chi connectivity index (χ0v) is 9.56. The predicted octanol–water partition coefficient (Wildman–Crippen LogP) is 0.817. The number of hydrogen-bond donors (Lipinski definition) is 1. The third kappa shape index (κ3) is 2.29. The molecule has 0 bridgehead atoms. The monoisotopic (exact) mass is 220 g/mol. The number of aliphatic hydroxyl groups excluding tert-OH is 1. The fraction of sp³-hybridized carbons (Fsp3) is 0.500. The van der Waals surface area contributed by atoms with Crippen molar-refractivity contribution in [2.24, 2.45) is 5.41 Å². The van der Waals surface area contributed by atoms with Crippen LogP contribution < -0.4 is 5.46 Å². The Bertz CT molecular complexity index is 314. The Balaban J connectivity index is 2.00. The van der Waals surface area contributed by atoms with E-state index in [0.29, 0.717) is 13.2 Å². The van der Waals surface area contributed by atoms with Gasteiger partial charge in [0.1, 0.15) is 0 Å². The Kier molecular flexibility index (Phi) is 3.64. The maximum Gasteiger partial charge on any atom is 0.493 e. The van der Waals surface area contributed by atoms with Gasteiger partial charge in [0.25, 0.3) is 0 Å². The maximum atomic E-state index is 9.34. The Morgan fingerprint density at radius 3 is 2.38 bits per heavy atom. The van der Waals surface area contributed by atoms with Crippen LogP contribution in [0.25, 0.3) is 0 Å². The second-order valence-corrected chi connectivity index (χ2v) is 4.38. The van der Waals surface area contributed by atoms with Gasteiger partial charge in [-0.15, -0.1) is 0 Å². The van der Waals surface area contributed by atoms with Gasteiger partial charge in [-0.1, -0.05) is 37.3 Å². The van der Waals surface area contributed by atoms with Crippen molar-refractivity contribution in [1.82, 2.24) is 0 Å². The van der Waals surface area contributed by atoms with Crippen LogP contribution in [0.4, 0.5) is 0 Å². The van der Waals surface area contributed by atoms with Crippen molar-refractivity contribution in [2.45, 2.75) is 13.3 Å². The van der Waals surface area contributed by atoms with Gasteiger partial charge in [0.2, 0.25) is 0 Å². The number of benzene rings is 1. The number of aliphatic hydroxyl groups is 1. The summed E-state index contributed by atoms with van der Waals surface area (Å²) in [4.78, 5) is 0. The zero-order valence-electron chi connectivity index (χ0n) is 9.56. The first-order valence-corrected chi connectivity index (χ1v) is 5.69. The average molecular weight is 220 g/mol. The molecule has 0 radical (unpaired) electrons. The van der Waals surface area contributed by atoms with Gasteiger partial charge in [0.15, 0.2) is 0 Å². The molecule has 4 heteroatoms. The minimum atomic E-state index is -0.285. The van der Waals surface area contributed by atoms with Gasteiger partial charge in [-0.2, -0.15) is 0 Å². The van der Waals surface area contributed by atoms with E-state index in [1.54, 1.807) is 0 Å². The molecule has 1 saturated heterocycles. The first kappa shape index (κ1) is 11.6. The van der Waals surface area contributed by atoms with E-state index >= 15 is 0 Å². The van der Waals surface area contributed by atoms with Crippen molar-refractivity contribution in [1.29, 1.82) is 0 Å². The van der Waals surface area contributed by atoms with E-state index in [9.17, 15) is 5.11 Å².